The number of nitrogens with zero attached hydrogens (tertiary/aromatic N) is 1. The van der Waals surface area contributed by atoms with Gasteiger partial charge in [0.25, 0.3) is 5.91 Å². The lowest BCUT2D eigenvalue weighted by molar-refractivity contribution is -0.124. The van der Waals surface area contributed by atoms with Crippen LogP contribution in [0.1, 0.15) is 37.7 Å². The number of carbonyl (C=O) groups is 1. The zero-order chi connectivity index (χ0) is 18.7. The smallest absolute Gasteiger partial charge is 0.276 e. The number of amides is 1. The van der Waals surface area contributed by atoms with Crippen molar-refractivity contribution in [1.29, 1.82) is 0 Å². The van der Waals surface area contributed by atoms with E-state index in [-0.39, 0.29) is 11.9 Å². The molecule has 1 saturated heterocycles. The number of ether oxygens (including phenoxy) is 1. The molecule has 0 radical (unpaired) electrons. The van der Waals surface area contributed by atoms with E-state index in [4.69, 9.17) is 17.0 Å². The van der Waals surface area contributed by atoms with Crippen molar-refractivity contribution in [3.8, 4) is 5.75 Å². The Morgan fingerprint density at radius 2 is 1.92 bits per heavy atom. The second kappa shape index (κ2) is 9.01. The van der Waals surface area contributed by atoms with Crippen LogP contribution < -0.4 is 10.1 Å². The second-order valence-corrected chi connectivity index (χ2v) is 9.08. The summed E-state index contributed by atoms with van der Waals surface area (Å²) >= 11 is 9.94. The first-order valence-corrected chi connectivity index (χ1v) is 11.2. The van der Waals surface area contributed by atoms with Gasteiger partial charge in [0.05, 0.1) is 7.14 Å². The fourth-order valence-electron chi connectivity index (χ4n) is 3.33. The highest BCUT2D eigenvalue weighted by atomic mass is 127. The van der Waals surface area contributed by atoms with Gasteiger partial charge < -0.3 is 10.1 Å². The first kappa shape index (κ1) is 20.1. The molecule has 1 saturated carbocycles. The first-order chi connectivity index (χ1) is 12.5. The van der Waals surface area contributed by atoms with E-state index in [1.807, 2.05) is 18.2 Å². The van der Waals surface area contributed by atoms with E-state index in [2.05, 4.69) is 57.1 Å². The lowest BCUT2D eigenvalue weighted by Gasteiger charge is -2.29. The molecule has 0 atom stereocenters. The predicted octanol–water partition coefficient (Wildman–Crippen LogP) is 4.85. The number of nitrogens with one attached hydrogen (secondary N) is 1. The summed E-state index contributed by atoms with van der Waals surface area (Å²) in [6.07, 6.45) is 9.25. The van der Waals surface area contributed by atoms with Gasteiger partial charge >= 0.3 is 0 Å². The van der Waals surface area contributed by atoms with Crippen molar-refractivity contribution in [3.05, 3.63) is 43.2 Å². The number of hydrogen-bond acceptors (Lipinski definition) is 3. The van der Waals surface area contributed by atoms with E-state index in [9.17, 15) is 4.79 Å². The van der Waals surface area contributed by atoms with Gasteiger partial charge in [-0.3, -0.25) is 9.69 Å². The van der Waals surface area contributed by atoms with Gasteiger partial charge in [-0.25, -0.2) is 0 Å². The van der Waals surface area contributed by atoms with Crippen molar-refractivity contribution in [2.45, 2.75) is 38.1 Å². The highest BCUT2D eigenvalue weighted by Crippen LogP contribution is 2.31. The van der Waals surface area contributed by atoms with Crippen LogP contribution in [0.4, 0.5) is 0 Å². The van der Waals surface area contributed by atoms with Gasteiger partial charge in [0.2, 0.25) is 0 Å². The van der Waals surface area contributed by atoms with Gasteiger partial charge in [0.1, 0.15) is 18.1 Å². The molecule has 3 rings (SSSR count). The number of thiocarbonyl (C=S) groups is 1. The number of carbonyl (C=O) groups excluding carboxylic acids is 1. The molecular formula is C19H20I2N2O2S. The topological polar surface area (TPSA) is 41.6 Å². The summed E-state index contributed by atoms with van der Waals surface area (Å²) < 4.78 is 7.71. The lowest BCUT2D eigenvalue weighted by Crippen LogP contribution is -2.41. The molecule has 0 spiro atoms. The third-order valence-corrected chi connectivity index (χ3v) is 6.43. The van der Waals surface area contributed by atoms with Crippen molar-refractivity contribution in [3.63, 3.8) is 0 Å². The Labute approximate surface area is 186 Å². The quantitative estimate of drug-likeness (QED) is 0.229. The Balaban J connectivity index is 1.82. The van der Waals surface area contributed by atoms with Crippen molar-refractivity contribution >= 4 is 74.5 Å². The van der Waals surface area contributed by atoms with E-state index in [0.717, 1.165) is 31.3 Å². The Morgan fingerprint density at radius 3 is 2.54 bits per heavy atom. The summed E-state index contributed by atoms with van der Waals surface area (Å²) in [5.41, 5.74) is 1.50. The maximum atomic E-state index is 12.9. The second-order valence-electron chi connectivity index (χ2n) is 6.37. The number of rotatable bonds is 5. The third kappa shape index (κ3) is 4.41. The number of halogens is 2. The van der Waals surface area contributed by atoms with Gasteiger partial charge in [-0.2, -0.15) is 0 Å². The zero-order valence-corrected chi connectivity index (χ0v) is 19.4. The van der Waals surface area contributed by atoms with Crippen LogP contribution in [0.25, 0.3) is 6.08 Å². The van der Waals surface area contributed by atoms with Gasteiger partial charge in [-0.05, 0) is 94.0 Å². The number of hydrogen-bond donors (Lipinski definition) is 1. The molecule has 0 unspecified atom stereocenters. The molecule has 1 amide bonds. The molecule has 1 aromatic carbocycles. The molecule has 1 N–H and O–H groups in total. The normalized spacial score (nSPS) is 19.8. The maximum Gasteiger partial charge on any atom is 0.276 e. The van der Waals surface area contributed by atoms with Crippen LogP contribution in [0, 0.1) is 7.14 Å². The van der Waals surface area contributed by atoms with Gasteiger partial charge in [0, 0.05) is 6.04 Å². The highest BCUT2D eigenvalue weighted by molar-refractivity contribution is 14.1. The fourth-order valence-corrected chi connectivity index (χ4v) is 5.80. The molecule has 2 aliphatic rings. The van der Waals surface area contributed by atoms with E-state index in [0.29, 0.717) is 17.4 Å². The van der Waals surface area contributed by atoms with Crippen molar-refractivity contribution in [2.75, 3.05) is 6.61 Å². The highest BCUT2D eigenvalue weighted by Gasteiger charge is 2.36. The molecule has 2 fully saturated rings. The summed E-state index contributed by atoms with van der Waals surface area (Å²) in [4.78, 5) is 14.6. The van der Waals surface area contributed by atoms with Crippen LogP contribution in [0.3, 0.4) is 0 Å². The number of benzene rings is 1. The average Bonchev–Trinajstić information content (AvgIpc) is 2.88. The molecule has 7 heteroatoms. The minimum Gasteiger partial charge on any atom is -0.487 e. The zero-order valence-electron chi connectivity index (χ0n) is 14.3. The summed E-state index contributed by atoms with van der Waals surface area (Å²) in [5, 5.41) is 3.64. The van der Waals surface area contributed by atoms with Gasteiger partial charge in [-0.15, -0.1) is 0 Å². The van der Waals surface area contributed by atoms with E-state index >= 15 is 0 Å². The molecule has 4 nitrogen and oxygen atoms in total. The van der Waals surface area contributed by atoms with E-state index in [1.165, 1.54) is 19.3 Å². The van der Waals surface area contributed by atoms with Crippen LogP contribution in [-0.2, 0) is 4.79 Å². The summed E-state index contributed by atoms with van der Waals surface area (Å²) in [7, 11) is 0. The molecule has 0 aromatic heterocycles. The minimum absolute atomic E-state index is 0.0149. The van der Waals surface area contributed by atoms with Crippen LogP contribution in [0.2, 0.25) is 0 Å². The van der Waals surface area contributed by atoms with Crippen LogP contribution >= 0.6 is 57.4 Å². The standard InChI is InChI=1S/C19H20I2N2O2S/c1-2-8-25-17-14(20)9-12(10-15(17)21)11-16-18(24)23(19(26)22-16)13-6-4-3-5-7-13/h2,9-11,13H,1,3-8H2,(H,22,26)/b16-11-. The van der Waals surface area contributed by atoms with Crippen molar-refractivity contribution in [1.82, 2.24) is 10.2 Å². The molecule has 138 valence electrons. The Kier molecular flexibility index (Phi) is 6.95. The minimum atomic E-state index is -0.0149. The van der Waals surface area contributed by atoms with E-state index < -0.39 is 0 Å². The van der Waals surface area contributed by atoms with Crippen molar-refractivity contribution < 1.29 is 9.53 Å². The van der Waals surface area contributed by atoms with Gasteiger partial charge in [-0.1, -0.05) is 31.9 Å². The third-order valence-electron chi connectivity index (χ3n) is 4.53. The van der Waals surface area contributed by atoms with Crippen LogP contribution in [0.15, 0.2) is 30.5 Å². The van der Waals surface area contributed by atoms with Gasteiger partial charge in [0.15, 0.2) is 5.11 Å². The lowest BCUT2D eigenvalue weighted by atomic mass is 9.94. The first-order valence-electron chi connectivity index (χ1n) is 8.60. The largest absolute Gasteiger partial charge is 0.487 e. The molecule has 0 bridgehead atoms. The predicted molar refractivity (Wildman–Crippen MR) is 125 cm³/mol. The summed E-state index contributed by atoms with van der Waals surface area (Å²) in [5.74, 6) is 0.831. The Bertz CT molecular complexity index is 750. The SMILES string of the molecule is C=CCOc1c(I)cc(/C=C2\NC(=S)N(C3CCCCC3)C2=O)cc1I. The molecule has 1 heterocycles. The summed E-state index contributed by atoms with van der Waals surface area (Å²) in [6.45, 7) is 4.15. The fraction of sp³-hybridized carbons (Fsp3) is 0.368. The van der Waals surface area contributed by atoms with Crippen LogP contribution in [0.5, 0.6) is 5.75 Å². The van der Waals surface area contributed by atoms with E-state index in [1.54, 1.807) is 11.0 Å². The maximum absolute atomic E-state index is 12.9. The molecule has 1 aliphatic heterocycles. The van der Waals surface area contributed by atoms with Crippen molar-refractivity contribution in [2.24, 2.45) is 0 Å². The average molecular weight is 594 g/mol. The molecule has 1 aromatic rings. The Morgan fingerprint density at radius 1 is 1.27 bits per heavy atom. The van der Waals surface area contributed by atoms with Crippen LogP contribution in [-0.4, -0.2) is 28.6 Å². The molecule has 1 aliphatic carbocycles. The summed E-state index contributed by atoms with van der Waals surface area (Å²) in [6, 6.07) is 4.25. The molecule has 26 heavy (non-hydrogen) atoms. The Hall–Kier alpha value is -0.680. The molecular weight excluding hydrogens is 574 g/mol. The monoisotopic (exact) mass is 594 g/mol.